The van der Waals surface area contributed by atoms with E-state index in [-0.39, 0.29) is 44.9 Å². The molecule has 0 bridgehead atoms. The smallest absolute Gasteiger partial charge is 0.426 e. The van der Waals surface area contributed by atoms with Gasteiger partial charge in [-0.3, -0.25) is 14.6 Å². The summed E-state index contributed by atoms with van der Waals surface area (Å²) in [6.07, 6.45) is -19.2. The Kier molecular flexibility index (Phi) is 9.50. The molecule has 1 aromatic carbocycles. The molecule has 2 N–H and O–H groups in total. The first-order chi connectivity index (χ1) is 19.9. The molecular weight excluding hydrogens is 599 g/mol. The summed E-state index contributed by atoms with van der Waals surface area (Å²) in [5.74, 6) is -0.684. The number of alkyl halides is 9. The maximum Gasteiger partial charge on any atom is 0.434 e. The quantitative estimate of drug-likeness (QED) is 0.422. The second-order valence-electron chi connectivity index (χ2n) is 11.5. The van der Waals surface area contributed by atoms with E-state index in [9.17, 15) is 49.1 Å². The first-order valence-electron chi connectivity index (χ1n) is 13.9. The van der Waals surface area contributed by atoms with Crippen molar-refractivity contribution in [2.24, 2.45) is 11.7 Å². The van der Waals surface area contributed by atoms with Crippen molar-refractivity contribution in [3.05, 3.63) is 34.9 Å². The summed E-state index contributed by atoms with van der Waals surface area (Å²) in [4.78, 5) is 28.6. The fraction of sp³-hybridized carbons (Fsp3) is 0.704. The first kappa shape index (κ1) is 33.1. The lowest BCUT2D eigenvalue weighted by molar-refractivity contribution is -0.308. The topological polar surface area (TPSA) is 79.1 Å². The molecule has 0 unspecified atom stereocenters. The zero-order chi connectivity index (χ0) is 31.8. The summed E-state index contributed by atoms with van der Waals surface area (Å²) in [6, 6.07) is 3.56. The molecule has 242 valence electrons. The van der Waals surface area contributed by atoms with Crippen LogP contribution in [0.5, 0.6) is 0 Å². The Balaban J connectivity index is 1.45. The number of piperidine rings is 2. The van der Waals surface area contributed by atoms with Gasteiger partial charge in [0.2, 0.25) is 5.91 Å². The number of nitrogens with zero attached hydrogens (tertiary/aromatic N) is 3. The van der Waals surface area contributed by atoms with Gasteiger partial charge in [-0.25, -0.2) is 4.79 Å². The highest BCUT2D eigenvalue weighted by atomic mass is 19.4. The molecule has 0 radical (unpaired) electrons. The number of rotatable bonds is 6. The molecule has 3 heterocycles. The highest BCUT2D eigenvalue weighted by molar-refractivity contribution is 5.76. The van der Waals surface area contributed by atoms with E-state index in [0.717, 1.165) is 23.5 Å². The molecule has 3 fully saturated rings. The SMILES string of the molecule is NC(=O)C1CCN(Cc2cc(C(F)(F)F)ccc2CN2CCCC23CCN(C(=O)OC(C(F)(F)F)C(F)(F)F)CC3)CC1. The molecule has 0 saturated carbocycles. The van der Waals surface area contributed by atoms with E-state index < -0.39 is 47.7 Å². The van der Waals surface area contributed by atoms with E-state index in [4.69, 9.17) is 5.73 Å². The van der Waals surface area contributed by atoms with Crippen LogP contribution in [0, 0.1) is 5.92 Å². The molecule has 1 spiro atoms. The fourth-order valence-electron chi connectivity index (χ4n) is 6.33. The van der Waals surface area contributed by atoms with Crippen LogP contribution in [0.15, 0.2) is 18.2 Å². The van der Waals surface area contributed by atoms with Gasteiger partial charge in [0, 0.05) is 37.6 Å². The molecule has 16 heteroatoms. The number of carbonyl (C=O) groups excluding carboxylic acids is 2. The largest absolute Gasteiger partial charge is 0.434 e. The van der Waals surface area contributed by atoms with Crippen molar-refractivity contribution in [2.45, 2.75) is 81.8 Å². The molecular formula is C27H33F9N4O3. The predicted octanol–water partition coefficient (Wildman–Crippen LogP) is 5.46. The van der Waals surface area contributed by atoms with Gasteiger partial charge in [-0.15, -0.1) is 0 Å². The molecule has 43 heavy (non-hydrogen) atoms. The molecule has 4 rings (SSSR count). The van der Waals surface area contributed by atoms with E-state index in [1.54, 1.807) is 0 Å². The minimum atomic E-state index is -5.82. The van der Waals surface area contributed by atoms with Crippen molar-refractivity contribution in [1.29, 1.82) is 0 Å². The van der Waals surface area contributed by atoms with Crippen molar-refractivity contribution in [2.75, 3.05) is 32.7 Å². The number of hydrogen-bond acceptors (Lipinski definition) is 5. The summed E-state index contributed by atoms with van der Waals surface area (Å²) >= 11 is 0. The third kappa shape index (κ3) is 7.86. The lowest BCUT2D eigenvalue weighted by atomic mass is 9.84. The molecule has 0 atom stereocenters. The summed E-state index contributed by atoms with van der Waals surface area (Å²) in [7, 11) is 0. The van der Waals surface area contributed by atoms with Gasteiger partial charge < -0.3 is 15.4 Å². The van der Waals surface area contributed by atoms with Gasteiger partial charge in [-0.1, -0.05) is 6.07 Å². The van der Waals surface area contributed by atoms with Gasteiger partial charge in [-0.2, -0.15) is 39.5 Å². The molecule has 2 amide bonds. The number of carbonyl (C=O) groups is 2. The van der Waals surface area contributed by atoms with Crippen LogP contribution in [0.2, 0.25) is 0 Å². The molecule has 3 aliphatic rings. The zero-order valence-corrected chi connectivity index (χ0v) is 23.1. The molecule has 0 aromatic heterocycles. The number of primary amides is 1. The van der Waals surface area contributed by atoms with E-state index in [2.05, 4.69) is 9.64 Å². The maximum atomic E-state index is 13.6. The van der Waals surface area contributed by atoms with Crippen LogP contribution in [0.4, 0.5) is 44.3 Å². The highest BCUT2D eigenvalue weighted by Crippen LogP contribution is 2.41. The van der Waals surface area contributed by atoms with Gasteiger partial charge >= 0.3 is 24.6 Å². The van der Waals surface area contributed by atoms with Gasteiger partial charge in [0.25, 0.3) is 6.10 Å². The molecule has 0 aliphatic carbocycles. The summed E-state index contributed by atoms with van der Waals surface area (Å²) < 4.78 is 122. The van der Waals surface area contributed by atoms with Crippen LogP contribution in [0.3, 0.4) is 0 Å². The van der Waals surface area contributed by atoms with Crippen molar-refractivity contribution in [3.63, 3.8) is 0 Å². The average Bonchev–Trinajstić information content (AvgIpc) is 3.28. The van der Waals surface area contributed by atoms with Crippen molar-refractivity contribution < 1.29 is 53.8 Å². The number of halogens is 9. The monoisotopic (exact) mass is 632 g/mol. The molecule has 7 nitrogen and oxygen atoms in total. The van der Waals surface area contributed by atoms with Gasteiger partial charge in [0.1, 0.15) is 0 Å². The van der Waals surface area contributed by atoms with Crippen molar-refractivity contribution >= 4 is 12.0 Å². The second-order valence-corrected chi connectivity index (χ2v) is 11.5. The second kappa shape index (κ2) is 12.3. The van der Waals surface area contributed by atoms with Crippen molar-refractivity contribution in [1.82, 2.24) is 14.7 Å². The lowest BCUT2D eigenvalue weighted by Gasteiger charge is -2.45. The zero-order valence-electron chi connectivity index (χ0n) is 23.1. The number of amides is 2. The molecule has 3 saturated heterocycles. The van der Waals surface area contributed by atoms with Crippen LogP contribution in [-0.2, 0) is 28.8 Å². The summed E-state index contributed by atoms with van der Waals surface area (Å²) in [6.45, 7) is 1.81. The standard InChI is InChI=1S/C27H33F9N4O3/c28-25(29,30)20-3-2-18(19(14-20)15-38-10-4-17(5-11-38)21(37)41)16-40-9-1-6-24(40)7-12-39(13-8-24)23(42)43-22(26(31,32)33)27(34,35)36/h2-3,14,17,22H,1,4-13,15-16H2,(H2,37,41). The Morgan fingerprint density at radius 3 is 2.00 bits per heavy atom. The maximum absolute atomic E-state index is 13.6. The van der Waals surface area contributed by atoms with Gasteiger partial charge in [0.05, 0.1) is 5.56 Å². The number of nitrogens with two attached hydrogens (primary N) is 1. The minimum absolute atomic E-state index is 0.132. The minimum Gasteiger partial charge on any atom is -0.426 e. The number of ether oxygens (including phenoxy) is 1. The van der Waals surface area contributed by atoms with Gasteiger partial charge in [0.15, 0.2) is 0 Å². The van der Waals surface area contributed by atoms with Crippen LogP contribution < -0.4 is 5.73 Å². The Morgan fingerprint density at radius 2 is 1.47 bits per heavy atom. The predicted molar refractivity (Wildman–Crippen MR) is 134 cm³/mol. The lowest BCUT2D eigenvalue weighted by Crippen LogP contribution is -2.54. The number of hydrogen-bond donors (Lipinski definition) is 1. The van der Waals surface area contributed by atoms with Crippen LogP contribution in [-0.4, -0.2) is 83.4 Å². The van der Waals surface area contributed by atoms with Crippen molar-refractivity contribution in [3.8, 4) is 0 Å². The normalized spacial score (nSPS) is 21.1. The third-order valence-electron chi connectivity index (χ3n) is 8.79. The van der Waals surface area contributed by atoms with Crippen LogP contribution >= 0.6 is 0 Å². The Morgan fingerprint density at radius 1 is 0.860 bits per heavy atom. The molecule has 1 aromatic rings. The van der Waals surface area contributed by atoms with E-state index >= 15 is 0 Å². The summed E-state index contributed by atoms with van der Waals surface area (Å²) in [5.41, 5.74) is 5.20. The summed E-state index contributed by atoms with van der Waals surface area (Å²) in [5, 5.41) is 0. The van der Waals surface area contributed by atoms with E-state index in [0.29, 0.717) is 50.0 Å². The van der Waals surface area contributed by atoms with Gasteiger partial charge in [-0.05, 0) is 81.4 Å². The highest BCUT2D eigenvalue weighted by Gasteiger charge is 2.60. The van der Waals surface area contributed by atoms with E-state index in [1.165, 1.54) is 6.07 Å². The Bertz CT molecular complexity index is 1140. The Labute approximate surface area is 242 Å². The first-order valence-corrected chi connectivity index (χ1v) is 13.9. The molecule has 3 aliphatic heterocycles. The fourth-order valence-corrected chi connectivity index (χ4v) is 6.33. The van der Waals surface area contributed by atoms with Crippen LogP contribution in [0.25, 0.3) is 0 Å². The number of likely N-dealkylation sites (tertiary alicyclic amines) is 3. The van der Waals surface area contributed by atoms with Crippen LogP contribution in [0.1, 0.15) is 55.2 Å². The van der Waals surface area contributed by atoms with E-state index in [1.807, 2.05) is 4.90 Å². The third-order valence-corrected chi connectivity index (χ3v) is 8.79. The Hall–Kier alpha value is -2.75. The number of benzene rings is 1. The average molecular weight is 633 g/mol.